The van der Waals surface area contributed by atoms with Crippen molar-refractivity contribution in [2.45, 2.75) is 20.4 Å². The lowest BCUT2D eigenvalue weighted by atomic mass is 10.2. The second-order valence-corrected chi connectivity index (χ2v) is 4.40. The molecule has 0 aliphatic heterocycles. The van der Waals surface area contributed by atoms with E-state index >= 15 is 0 Å². The van der Waals surface area contributed by atoms with Crippen molar-refractivity contribution >= 4 is 35.6 Å². The van der Waals surface area contributed by atoms with Gasteiger partial charge >= 0.3 is 0 Å². The van der Waals surface area contributed by atoms with E-state index in [9.17, 15) is 10.1 Å². The van der Waals surface area contributed by atoms with Gasteiger partial charge in [0.1, 0.15) is 0 Å². The van der Waals surface area contributed by atoms with E-state index in [1.54, 1.807) is 12.1 Å². The van der Waals surface area contributed by atoms with E-state index in [2.05, 4.69) is 24.2 Å². The second-order valence-electron chi connectivity index (χ2n) is 4.40. The number of nitro groups is 1. The highest BCUT2D eigenvalue weighted by Gasteiger charge is 2.05. The maximum absolute atomic E-state index is 10.6. The number of nitrogens with two attached hydrogens (primary N) is 1. The van der Waals surface area contributed by atoms with Gasteiger partial charge in [-0.15, -0.1) is 24.0 Å². The summed E-state index contributed by atoms with van der Waals surface area (Å²) in [4.78, 5) is 14.3. The Morgan fingerprint density at radius 2 is 2.21 bits per heavy atom. The summed E-state index contributed by atoms with van der Waals surface area (Å²) in [5, 5.41) is 13.6. The van der Waals surface area contributed by atoms with Gasteiger partial charge in [0.2, 0.25) is 0 Å². The van der Waals surface area contributed by atoms with Crippen LogP contribution in [0, 0.1) is 16.0 Å². The summed E-state index contributed by atoms with van der Waals surface area (Å²) in [5.74, 6) is 0.840. The lowest BCUT2D eigenvalue weighted by molar-refractivity contribution is -0.384. The number of guanidine groups is 1. The third-order valence-corrected chi connectivity index (χ3v) is 2.24. The SMILES string of the molecule is CC(C)CNC(N)=NCc1cccc([N+](=O)[O-])c1.I. The number of non-ortho nitro benzene ring substituents is 1. The molecule has 1 aromatic rings. The number of nitro benzene ring substituents is 1. The average molecular weight is 378 g/mol. The first kappa shape index (κ1) is 17.6. The molecule has 19 heavy (non-hydrogen) atoms. The van der Waals surface area contributed by atoms with Crippen LogP contribution in [0.4, 0.5) is 5.69 Å². The highest BCUT2D eigenvalue weighted by molar-refractivity contribution is 14.0. The summed E-state index contributed by atoms with van der Waals surface area (Å²) in [7, 11) is 0. The van der Waals surface area contributed by atoms with Crippen LogP contribution in [0.1, 0.15) is 19.4 Å². The van der Waals surface area contributed by atoms with E-state index in [1.807, 2.05) is 0 Å². The summed E-state index contributed by atoms with van der Waals surface area (Å²) in [6.07, 6.45) is 0. The van der Waals surface area contributed by atoms with Gasteiger partial charge in [-0.2, -0.15) is 0 Å². The van der Waals surface area contributed by atoms with Gasteiger partial charge in [-0.1, -0.05) is 26.0 Å². The van der Waals surface area contributed by atoms with Crippen LogP contribution in [-0.2, 0) is 6.54 Å². The zero-order valence-corrected chi connectivity index (χ0v) is 13.3. The van der Waals surface area contributed by atoms with Crippen molar-refractivity contribution in [2.24, 2.45) is 16.6 Å². The molecule has 0 spiro atoms. The number of nitrogens with one attached hydrogen (secondary N) is 1. The first-order valence-electron chi connectivity index (χ1n) is 5.76. The molecule has 0 fully saturated rings. The number of rotatable bonds is 5. The molecule has 1 aromatic carbocycles. The first-order valence-corrected chi connectivity index (χ1v) is 5.76. The molecule has 0 saturated carbocycles. The average Bonchev–Trinajstić information content (AvgIpc) is 2.34. The third kappa shape index (κ3) is 6.94. The molecule has 0 bridgehead atoms. The second kappa shape index (κ2) is 8.68. The lowest BCUT2D eigenvalue weighted by Gasteiger charge is -2.07. The van der Waals surface area contributed by atoms with Gasteiger partial charge in [-0.25, -0.2) is 4.99 Å². The van der Waals surface area contributed by atoms with Crippen LogP contribution in [0.2, 0.25) is 0 Å². The zero-order chi connectivity index (χ0) is 13.5. The Morgan fingerprint density at radius 3 is 2.79 bits per heavy atom. The molecule has 0 atom stereocenters. The highest BCUT2D eigenvalue weighted by atomic mass is 127. The van der Waals surface area contributed by atoms with Crippen LogP contribution in [0.5, 0.6) is 0 Å². The van der Waals surface area contributed by atoms with E-state index in [-0.39, 0.29) is 29.7 Å². The molecule has 0 amide bonds. The maximum atomic E-state index is 10.6. The van der Waals surface area contributed by atoms with Crippen molar-refractivity contribution < 1.29 is 4.92 Å². The van der Waals surface area contributed by atoms with Gasteiger partial charge in [0.25, 0.3) is 5.69 Å². The van der Waals surface area contributed by atoms with Crippen molar-refractivity contribution in [1.29, 1.82) is 0 Å². The summed E-state index contributed by atoms with van der Waals surface area (Å²) < 4.78 is 0. The Hall–Kier alpha value is -1.38. The van der Waals surface area contributed by atoms with Gasteiger partial charge in [0.15, 0.2) is 5.96 Å². The smallest absolute Gasteiger partial charge is 0.269 e. The van der Waals surface area contributed by atoms with Gasteiger partial charge in [-0.05, 0) is 11.5 Å². The molecule has 0 heterocycles. The molecule has 7 heteroatoms. The van der Waals surface area contributed by atoms with Crippen LogP contribution in [-0.4, -0.2) is 17.4 Å². The standard InChI is InChI=1S/C12H18N4O2.HI/c1-9(2)7-14-12(13)15-8-10-4-3-5-11(6-10)16(17)18;/h3-6,9H,7-8H2,1-2H3,(H3,13,14,15);1H. The fourth-order valence-corrected chi connectivity index (χ4v) is 1.31. The van der Waals surface area contributed by atoms with Crippen LogP contribution in [0.3, 0.4) is 0 Å². The molecule has 106 valence electrons. The van der Waals surface area contributed by atoms with E-state index < -0.39 is 4.92 Å². The minimum absolute atomic E-state index is 0. The van der Waals surface area contributed by atoms with Gasteiger partial charge in [0, 0.05) is 18.7 Å². The summed E-state index contributed by atoms with van der Waals surface area (Å²) >= 11 is 0. The van der Waals surface area contributed by atoms with Crippen molar-refractivity contribution in [3.63, 3.8) is 0 Å². The zero-order valence-electron chi connectivity index (χ0n) is 11.0. The fraction of sp³-hybridized carbons (Fsp3) is 0.417. The number of hydrogen-bond donors (Lipinski definition) is 2. The van der Waals surface area contributed by atoms with Crippen molar-refractivity contribution in [2.75, 3.05) is 6.54 Å². The van der Waals surface area contributed by atoms with Crippen molar-refractivity contribution in [1.82, 2.24) is 5.32 Å². The molecule has 3 N–H and O–H groups in total. The monoisotopic (exact) mass is 378 g/mol. The predicted molar refractivity (Wildman–Crippen MR) is 86.7 cm³/mol. The molecule has 0 aliphatic carbocycles. The Kier molecular flexibility index (Phi) is 8.05. The van der Waals surface area contributed by atoms with E-state index in [1.165, 1.54) is 12.1 Å². The minimum Gasteiger partial charge on any atom is -0.370 e. The Morgan fingerprint density at radius 1 is 1.53 bits per heavy atom. The van der Waals surface area contributed by atoms with Gasteiger partial charge in [0.05, 0.1) is 11.5 Å². The Balaban J connectivity index is 0.00000324. The van der Waals surface area contributed by atoms with Crippen LogP contribution < -0.4 is 11.1 Å². The Labute approximate surface area is 129 Å². The number of hydrogen-bond acceptors (Lipinski definition) is 3. The molecular weight excluding hydrogens is 359 g/mol. The number of aliphatic imine (C=N–C) groups is 1. The normalized spacial score (nSPS) is 11.0. The minimum atomic E-state index is -0.423. The molecule has 0 saturated heterocycles. The van der Waals surface area contributed by atoms with E-state index in [4.69, 9.17) is 5.73 Å². The van der Waals surface area contributed by atoms with Gasteiger partial charge < -0.3 is 11.1 Å². The number of nitrogens with zero attached hydrogens (tertiary/aromatic N) is 2. The molecule has 0 radical (unpaired) electrons. The Bertz CT molecular complexity index is 449. The molecule has 0 unspecified atom stereocenters. The summed E-state index contributed by atoms with van der Waals surface area (Å²) in [5.41, 5.74) is 6.50. The third-order valence-electron chi connectivity index (χ3n) is 2.24. The summed E-state index contributed by atoms with van der Waals surface area (Å²) in [6.45, 7) is 5.23. The fourth-order valence-electron chi connectivity index (χ4n) is 1.31. The molecule has 0 aliphatic rings. The van der Waals surface area contributed by atoms with E-state index in [0.29, 0.717) is 18.4 Å². The van der Waals surface area contributed by atoms with E-state index in [0.717, 1.165) is 12.1 Å². The molecule has 6 nitrogen and oxygen atoms in total. The van der Waals surface area contributed by atoms with Gasteiger partial charge in [-0.3, -0.25) is 10.1 Å². The van der Waals surface area contributed by atoms with Crippen LogP contribution in [0.25, 0.3) is 0 Å². The van der Waals surface area contributed by atoms with Crippen LogP contribution >= 0.6 is 24.0 Å². The van der Waals surface area contributed by atoms with Crippen LogP contribution in [0.15, 0.2) is 29.3 Å². The van der Waals surface area contributed by atoms with Crippen molar-refractivity contribution in [3.05, 3.63) is 39.9 Å². The summed E-state index contributed by atoms with van der Waals surface area (Å²) in [6, 6.07) is 6.37. The molecule has 1 rings (SSSR count). The largest absolute Gasteiger partial charge is 0.370 e. The maximum Gasteiger partial charge on any atom is 0.269 e. The molecular formula is C12H19IN4O2. The highest BCUT2D eigenvalue weighted by Crippen LogP contribution is 2.13. The first-order chi connectivity index (χ1) is 8.49. The lowest BCUT2D eigenvalue weighted by Crippen LogP contribution is -2.34. The number of halogens is 1. The quantitative estimate of drug-likeness (QED) is 0.270. The number of benzene rings is 1. The van der Waals surface area contributed by atoms with Crippen molar-refractivity contribution in [3.8, 4) is 0 Å². The molecule has 0 aromatic heterocycles. The topological polar surface area (TPSA) is 93.5 Å². The predicted octanol–water partition coefficient (Wildman–Crippen LogP) is 2.27.